The van der Waals surface area contributed by atoms with Crippen molar-refractivity contribution in [2.24, 2.45) is 0 Å². The zero-order valence-corrected chi connectivity index (χ0v) is 11.9. The molecule has 2 rings (SSSR count). The van der Waals surface area contributed by atoms with Crippen molar-refractivity contribution < 1.29 is 14.3 Å². The SMILES string of the molecule is CCOC(=O)NC(=O)Cn1nnc(-c2ccc(Cl)cc2)n1. The lowest BCUT2D eigenvalue weighted by molar-refractivity contribution is -0.121. The van der Waals surface area contributed by atoms with Gasteiger partial charge in [0.15, 0.2) is 0 Å². The van der Waals surface area contributed by atoms with E-state index in [2.05, 4.69) is 20.1 Å². The van der Waals surface area contributed by atoms with Crippen LogP contribution in [0.25, 0.3) is 11.4 Å². The maximum atomic E-state index is 11.5. The fraction of sp³-hybridized carbons (Fsp3) is 0.250. The zero-order chi connectivity index (χ0) is 15.2. The van der Waals surface area contributed by atoms with Gasteiger partial charge in [-0.15, -0.1) is 10.2 Å². The molecule has 0 unspecified atom stereocenters. The predicted molar refractivity (Wildman–Crippen MR) is 73.4 cm³/mol. The number of carbonyl (C=O) groups is 2. The second-order valence-electron chi connectivity index (χ2n) is 3.92. The van der Waals surface area contributed by atoms with E-state index in [1.54, 1.807) is 31.2 Å². The summed E-state index contributed by atoms with van der Waals surface area (Å²) in [6, 6.07) is 6.88. The molecule has 1 heterocycles. The van der Waals surface area contributed by atoms with Gasteiger partial charge in [0.25, 0.3) is 5.91 Å². The minimum atomic E-state index is -0.805. The van der Waals surface area contributed by atoms with Crippen molar-refractivity contribution in [3.63, 3.8) is 0 Å². The monoisotopic (exact) mass is 309 g/mol. The summed E-state index contributed by atoms with van der Waals surface area (Å²) in [5.41, 5.74) is 0.719. The molecule has 0 saturated carbocycles. The molecule has 1 aromatic carbocycles. The minimum Gasteiger partial charge on any atom is -0.450 e. The molecular weight excluding hydrogens is 298 g/mol. The number of nitrogens with zero attached hydrogens (tertiary/aromatic N) is 4. The van der Waals surface area contributed by atoms with Gasteiger partial charge in [0.05, 0.1) is 6.61 Å². The van der Waals surface area contributed by atoms with Gasteiger partial charge in [0, 0.05) is 10.6 Å². The van der Waals surface area contributed by atoms with E-state index in [0.29, 0.717) is 10.8 Å². The summed E-state index contributed by atoms with van der Waals surface area (Å²) < 4.78 is 4.59. The number of aromatic nitrogens is 4. The summed E-state index contributed by atoms with van der Waals surface area (Å²) >= 11 is 5.79. The lowest BCUT2D eigenvalue weighted by Crippen LogP contribution is -2.34. The Balaban J connectivity index is 1.98. The van der Waals surface area contributed by atoms with E-state index in [0.717, 1.165) is 10.4 Å². The van der Waals surface area contributed by atoms with Crippen molar-refractivity contribution in [2.75, 3.05) is 6.61 Å². The van der Waals surface area contributed by atoms with E-state index in [9.17, 15) is 9.59 Å². The van der Waals surface area contributed by atoms with Crippen LogP contribution in [0, 0.1) is 0 Å². The normalized spacial score (nSPS) is 10.2. The quantitative estimate of drug-likeness (QED) is 0.913. The Labute approximate surface area is 125 Å². The highest BCUT2D eigenvalue weighted by Crippen LogP contribution is 2.16. The van der Waals surface area contributed by atoms with Gasteiger partial charge >= 0.3 is 6.09 Å². The molecule has 0 saturated heterocycles. The summed E-state index contributed by atoms with van der Waals surface area (Å²) in [7, 11) is 0. The van der Waals surface area contributed by atoms with E-state index in [1.165, 1.54) is 0 Å². The number of rotatable bonds is 4. The lowest BCUT2D eigenvalue weighted by atomic mass is 10.2. The summed E-state index contributed by atoms with van der Waals surface area (Å²) in [4.78, 5) is 23.7. The molecule has 1 N–H and O–H groups in total. The van der Waals surface area contributed by atoms with Crippen LogP contribution in [-0.2, 0) is 16.1 Å². The van der Waals surface area contributed by atoms with Gasteiger partial charge < -0.3 is 4.74 Å². The van der Waals surface area contributed by atoms with Gasteiger partial charge in [-0.3, -0.25) is 10.1 Å². The van der Waals surface area contributed by atoms with E-state index in [1.807, 2.05) is 5.32 Å². The highest BCUT2D eigenvalue weighted by molar-refractivity contribution is 6.30. The van der Waals surface area contributed by atoms with Gasteiger partial charge in [-0.05, 0) is 36.4 Å². The summed E-state index contributed by atoms with van der Waals surface area (Å²) in [5, 5.41) is 14.2. The number of amides is 2. The van der Waals surface area contributed by atoms with Crippen LogP contribution >= 0.6 is 11.6 Å². The number of halogens is 1. The second kappa shape index (κ2) is 6.80. The van der Waals surface area contributed by atoms with E-state index in [-0.39, 0.29) is 13.2 Å². The number of benzene rings is 1. The Morgan fingerprint density at radius 3 is 2.71 bits per heavy atom. The molecule has 0 atom stereocenters. The number of imide groups is 1. The van der Waals surface area contributed by atoms with Crippen molar-refractivity contribution >= 4 is 23.6 Å². The molecule has 0 bridgehead atoms. The fourth-order valence-electron chi connectivity index (χ4n) is 1.47. The van der Waals surface area contributed by atoms with Crippen molar-refractivity contribution in [3.8, 4) is 11.4 Å². The second-order valence-corrected chi connectivity index (χ2v) is 4.36. The molecule has 0 fully saturated rings. The molecular formula is C12H12ClN5O3. The Bertz CT molecular complexity index is 641. The van der Waals surface area contributed by atoms with Gasteiger partial charge in [-0.2, -0.15) is 4.80 Å². The largest absolute Gasteiger partial charge is 0.450 e. The summed E-state index contributed by atoms with van der Waals surface area (Å²) in [5.74, 6) is -0.232. The third-order valence-corrected chi connectivity index (χ3v) is 2.61. The molecule has 2 aromatic rings. The Hall–Kier alpha value is -2.48. The van der Waals surface area contributed by atoms with Crippen LogP contribution in [0.4, 0.5) is 4.79 Å². The first-order valence-electron chi connectivity index (χ1n) is 6.09. The van der Waals surface area contributed by atoms with Crippen LogP contribution in [0.15, 0.2) is 24.3 Å². The molecule has 9 heteroatoms. The van der Waals surface area contributed by atoms with Crippen LogP contribution in [0.5, 0.6) is 0 Å². The zero-order valence-electron chi connectivity index (χ0n) is 11.1. The van der Waals surface area contributed by atoms with Crippen LogP contribution in [0.1, 0.15) is 6.92 Å². The van der Waals surface area contributed by atoms with Crippen LogP contribution in [0.3, 0.4) is 0 Å². The number of alkyl carbamates (subject to hydrolysis) is 1. The third-order valence-electron chi connectivity index (χ3n) is 2.36. The number of tetrazole rings is 1. The molecule has 0 aliphatic rings. The van der Waals surface area contributed by atoms with Crippen molar-refractivity contribution in [1.82, 2.24) is 25.5 Å². The first kappa shape index (κ1) is 14.9. The van der Waals surface area contributed by atoms with Crippen LogP contribution in [-0.4, -0.2) is 38.8 Å². The maximum absolute atomic E-state index is 11.5. The number of nitrogens with one attached hydrogen (secondary N) is 1. The molecule has 1 aromatic heterocycles. The standard InChI is InChI=1S/C12H12ClN5O3/c1-2-21-12(20)14-10(19)7-18-16-11(15-17-18)8-3-5-9(13)6-4-8/h3-6H,2,7H2,1H3,(H,14,19,20). The number of hydrogen-bond donors (Lipinski definition) is 1. The van der Waals surface area contributed by atoms with Crippen molar-refractivity contribution in [3.05, 3.63) is 29.3 Å². The fourth-order valence-corrected chi connectivity index (χ4v) is 1.60. The molecule has 110 valence electrons. The number of ether oxygens (including phenoxy) is 1. The molecule has 21 heavy (non-hydrogen) atoms. The Kier molecular flexibility index (Phi) is 4.83. The highest BCUT2D eigenvalue weighted by Gasteiger charge is 2.12. The Morgan fingerprint density at radius 1 is 1.33 bits per heavy atom. The predicted octanol–water partition coefficient (Wildman–Crippen LogP) is 1.27. The minimum absolute atomic E-state index is 0.182. The summed E-state index contributed by atoms with van der Waals surface area (Å²) in [6.07, 6.45) is -0.805. The van der Waals surface area contributed by atoms with Crippen LogP contribution in [0.2, 0.25) is 5.02 Å². The lowest BCUT2D eigenvalue weighted by Gasteiger charge is -2.02. The van der Waals surface area contributed by atoms with Gasteiger partial charge in [-0.1, -0.05) is 11.6 Å². The molecule has 0 aliphatic heterocycles. The van der Waals surface area contributed by atoms with Gasteiger partial charge in [0.1, 0.15) is 6.54 Å². The van der Waals surface area contributed by atoms with E-state index >= 15 is 0 Å². The number of carbonyl (C=O) groups excluding carboxylic acids is 2. The average molecular weight is 310 g/mol. The molecule has 0 aliphatic carbocycles. The third kappa shape index (κ3) is 4.25. The highest BCUT2D eigenvalue weighted by atomic mass is 35.5. The smallest absolute Gasteiger partial charge is 0.413 e. The van der Waals surface area contributed by atoms with Gasteiger partial charge in [-0.25, -0.2) is 4.79 Å². The van der Waals surface area contributed by atoms with Gasteiger partial charge in [0.2, 0.25) is 5.82 Å². The first-order valence-corrected chi connectivity index (χ1v) is 6.46. The maximum Gasteiger partial charge on any atom is 0.413 e. The molecule has 8 nitrogen and oxygen atoms in total. The topological polar surface area (TPSA) is 99.0 Å². The van der Waals surface area contributed by atoms with Crippen LogP contribution < -0.4 is 5.32 Å². The molecule has 2 amide bonds. The van der Waals surface area contributed by atoms with E-state index in [4.69, 9.17) is 11.6 Å². The van der Waals surface area contributed by atoms with E-state index < -0.39 is 12.0 Å². The Morgan fingerprint density at radius 2 is 2.05 bits per heavy atom. The molecule has 0 radical (unpaired) electrons. The first-order chi connectivity index (χ1) is 10.1. The summed E-state index contributed by atoms with van der Waals surface area (Å²) in [6.45, 7) is 1.59. The van der Waals surface area contributed by atoms with Crippen molar-refractivity contribution in [2.45, 2.75) is 13.5 Å². The average Bonchev–Trinajstić information content (AvgIpc) is 2.88. The number of hydrogen-bond acceptors (Lipinski definition) is 6. The molecule has 0 spiro atoms. The van der Waals surface area contributed by atoms with Crippen molar-refractivity contribution in [1.29, 1.82) is 0 Å².